The highest BCUT2D eigenvalue weighted by atomic mass is 79.9. The first-order valence-corrected chi connectivity index (χ1v) is 7.02. The van der Waals surface area contributed by atoms with Crippen molar-refractivity contribution < 1.29 is 20.2 Å². The fourth-order valence-electron chi connectivity index (χ4n) is 1.81. The molecule has 1 aromatic carbocycles. The number of carbonyl (C=O) groups excluding carboxylic acids is 1. The molecular weight excluding hydrogens is 326 g/mol. The van der Waals surface area contributed by atoms with Crippen LogP contribution in [0.15, 0.2) is 34.8 Å². The number of rotatable bonds is 6. The minimum atomic E-state index is -0.785. The molecule has 0 aliphatic heterocycles. The number of hydroxylamine groups is 1. The summed E-state index contributed by atoms with van der Waals surface area (Å²) >= 11 is 3.30. The Morgan fingerprint density at radius 1 is 1.50 bits per heavy atom. The Kier molecular flexibility index (Phi) is 6.70. The zero-order valence-electron chi connectivity index (χ0n) is 11.1. The van der Waals surface area contributed by atoms with Gasteiger partial charge in [-0.05, 0) is 37.0 Å². The number of allylic oxidation sites excluding steroid dienone is 1. The van der Waals surface area contributed by atoms with E-state index >= 15 is 0 Å². The molecule has 20 heavy (non-hydrogen) atoms. The molecule has 0 aromatic heterocycles. The molecule has 0 spiro atoms. The summed E-state index contributed by atoms with van der Waals surface area (Å²) in [5, 5.41) is 28.3. The van der Waals surface area contributed by atoms with E-state index in [2.05, 4.69) is 15.9 Å². The van der Waals surface area contributed by atoms with Crippen LogP contribution in [0, 0.1) is 5.92 Å². The number of aromatic hydroxyl groups is 1. The molecule has 110 valence electrons. The van der Waals surface area contributed by atoms with Crippen molar-refractivity contribution >= 4 is 21.8 Å². The van der Waals surface area contributed by atoms with E-state index in [4.69, 9.17) is 5.21 Å². The Morgan fingerprint density at radius 2 is 2.20 bits per heavy atom. The number of aliphatic hydroxyl groups is 1. The molecule has 4 N–H and O–H groups in total. The van der Waals surface area contributed by atoms with Gasteiger partial charge < -0.3 is 10.2 Å². The molecule has 2 atom stereocenters. The molecule has 0 radical (unpaired) electrons. The number of hydrogen-bond acceptors (Lipinski definition) is 4. The van der Waals surface area contributed by atoms with Gasteiger partial charge in [0, 0.05) is 16.1 Å². The molecule has 1 rings (SSSR count). The molecule has 0 fully saturated rings. The Hall–Kier alpha value is -1.37. The monoisotopic (exact) mass is 343 g/mol. The summed E-state index contributed by atoms with van der Waals surface area (Å²) in [5.41, 5.74) is 1.98. The molecule has 1 amide bonds. The zero-order valence-corrected chi connectivity index (χ0v) is 12.7. The largest absolute Gasteiger partial charge is 0.508 e. The second-order valence-corrected chi connectivity index (χ2v) is 5.50. The second-order valence-electron chi connectivity index (χ2n) is 4.58. The van der Waals surface area contributed by atoms with E-state index in [-0.39, 0.29) is 11.7 Å². The van der Waals surface area contributed by atoms with Gasteiger partial charge in [-0.3, -0.25) is 10.0 Å². The second kappa shape index (κ2) is 8.04. The number of phenolic OH excluding ortho intramolecular Hbond substituents is 1. The third-order valence-electron chi connectivity index (χ3n) is 3.02. The van der Waals surface area contributed by atoms with Crippen LogP contribution in [0.4, 0.5) is 0 Å². The fourth-order valence-corrected chi connectivity index (χ4v) is 2.19. The first kappa shape index (κ1) is 16.7. The molecule has 6 heteroatoms. The van der Waals surface area contributed by atoms with Gasteiger partial charge in [0.05, 0.1) is 6.10 Å². The average molecular weight is 344 g/mol. The minimum Gasteiger partial charge on any atom is -0.508 e. The van der Waals surface area contributed by atoms with Crippen LogP contribution in [0.5, 0.6) is 5.75 Å². The van der Waals surface area contributed by atoms with Crippen molar-refractivity contribution in [3.63, 3.8) is 0 Å². The number of aliphatic hydroxyl groups excluding tert-OH is 1. The molecule has 0 aliphatic rings. The summed E-state index contributed by atoms with van der Waals surface area (Å²) in [7, 11) is 0. The molecule has 5 nitrogen and oxygen atoms in total. The predicted octanol–water partition coefficient (Wildman–Crippen LogP) is 2.67. The lowest BCUT2D eigenvalue weighted by Crippen LogP contribution is -2.15. The molecule has 0 saturated heterocycles. The van der Waals surface area contributed by atoms with Gasteiger partial charge in [-0.2, -0.15) is 0 Å². The summed E-state index contributed by atoms with van der Waals surface area (Å²) in [6.07, 6.45) is 3.29. The molecule has 0 saturated carbocycles. The van der Waals surface area contributed by atoms with Crippen molar-refractivity contribution in [1.82, 2.24) is 5.48 Å². The van der Waals surface area contributed by atoms with Crippen molar-refractivity contribution in [3.05, 3.63) is 40.4 Å². The van der Waals surface area contributed by atoms with Crippen molar-refractivity contribution in [1.29, 1.82) is 0 Å². The standard InChI is InChI=1S/C14H18BrNO4/c1-9(4-2-3-5-13(18)16-20)14(19)11-8-10(15)6-7-12(11)17/h3,5-9,14,17,19-20H,2,4H2,1H3,(H,16,18)/b5-3+/t9-,14+/m1/s1. The molecular formula is C14H18BrNO4. The van der Waals surface area contributed by atoms with Crippen LogP contribution in [0.2, 0.25) is 0 Å². The van der Waals surface area contributed by atoms with Gasteiger partial charge in [0.25, 0.3) is 5.91 Å². The predicted molar refractivity (Wildman–Crippen MR) is 78.2 cm³/mol. The quantitative estimate of drug-likeness (QED) is 0.363. The Bertz CT molecular complexity index is 490. The lowest BCUT2D eigenvalue weighted by molar-refractivity contribution is -0.124. The molecule has 0 unspecified atom stereocenters. The van der Waals surface area contributed by atoms with E-state index in [1.807, 2.05) is 6.92 Å². The summed E-state index contributed by atoms with van der Waals surface area (Å²) in [5.74, 6) is -0.609. The lowest BCUT2D eigenvalue weighted by Gasteiger charge is -2.19. The summed E-state index contributed by atoms with van der Waals surface area (Å²) in [6, 6.07) is 4.92. The smallest absolute Gasteiger partial charge is 0.267 e. The van der Waals surface area contributed by atoms with Crippen LogP contribution in [-0.2, 0) is 4.79 Å². The van der Waals surface area contributed by atoms with E-state index in [9.17, 15) is 15.0 Å². The number of amides is 1. The molecule has 0 heterocycles. The average Bonchev–Trinajstić information content (AvgIpc) is 2.44. The van der Waals surface area contributed by atoms with Crippen molar-refractivity contribution in [2.45, 2.75) is 25.9 Å². The summed E-state index contributed by atoms with van der Waals surface area (Å²) in [4.78, 5) is 10.8. The van der Waals surface area contributed by atoms with Crippen molar-refractivity contribution in [3.8, 4) is 5.75 Å². The highest BCUT2D eigenvalue weighted by Crippen LogP contribution is 2.33. The van der Waals surface area contributed by atoms with Crippen molar-refractivity contribution in [2.75, 3.05) is 0 Å². The highest BCUT2D eigenvalue weighted by molar-refractivity contribution is 9.10. The molecule has 0 bridgehead atoms. The fraction of sp³-hybridized carbons (Fsp3) is 0.357. The number of hydrogen-bond donors (Lipinski definition) is 4. The van der Waals surface area contributed by atoms with Crippen LogP contribution < -0.4 is 5.48 Å². The number of halogens is 1. The van der Waals surface area contributed by atoms with E-state index < -0.39 is 12.0 Å². The van der Waals surface area contributed by atoms with E-state index in [1.54, 1.807) is 18.2 Å². The van der Waals surface area contributed by atoms with Crippen LogP contribution in [0.3, 0.4) is 0 Å². The van der Waals surface area contributed by atoms with Gasteiger partial charge in [0.2, 0.25) is 0 Å². The third-order valence-corrected chi connectivity index (χ3v) is 3.51. The van der Waals surface area contributed by atoms with Gasteiger partial charge in [0.1, 0.15) is 5.75 Å². The number of benzene rings is 1. The van der Waals surface area contributed by atoms with E-state index in [1.165, 1.54) is 17.6 Å². The van der Waals surface area contributed by atoms with Crippen LogP contribution in [0.1, 0.15) is 31.4 Å². The van der Waals surface area contributed by atoms with Crippen LogP contribution in [0.25, 0.3) is 0 Å². The summed E-state index contributed by atoms with van der Waals surface area (Å²) < 4.78 is 0.788. The minimum absolute atomic E-state index is 0.0581. The zero-order chi connectivity index (χ0) is 15.1. The third kappa shape index (κ3) is 4.96. The molecule has 0 aliphatic carbocycles. The van der Waals surface area contributed by atoms with Gasteiger partial charge >= 0.3 is 0 Å². The number of phenols is 1. The highest BCUT2D eigenvalue weighted by Gasteiger charge is 2.19. The lowest BCUT2D eigenvalue weighted by atomic mass is 9.93. The maximum Gasteiger partial charge on any atom is 0.267 e. The Balaban J connectivity index is 2.58. The first-order chi connectivity index (χ1) is 9.45. The maximum absolute atomic E-state index is 10.8. The van der Waals surface area contributed by atoms with Crippen molar-refractivity contribution in [2.24, 2.45) is 5.92 Å². The van der Waals surface area contributed by atoms with E-state index in [0.29, 0.717) is 18.4 Å². The number of carbonyl (C=O) groups is 1. The van der Waals surface area contributed by atoms with Crippen LogP contribution >= 0.6 is 15.9 Å². The maximum atomic E-state index is 10.8. The van der Waals surface area contributed by atoms with Gasteiger partial charge in [-0.1, -0.05) is 28.9 Å². The van der Waals surface area contributed by atoms with Crippen LogP contribution in [-0.4, -0.2) is 21.3 Å². The van der Waals surface area contributed by atoms with E-state index in [0.717, 1.165) is 4.47 Å². The van der Waals surface area contributed by atoms with Gasteiger partial charge in [0.15, 0.2) is 0 Å². The SMILES string of the molecule is C[C@H](CC/C=C/C(=O)NO)[C@H](O)c1cc(Br)ccc1O. The Morgan fingerprint density at radius 3 is 2.85 bits per heavy atom. The Labute approximate surface area is 126 Å². The van der Waals surface area contributed by atoms with Gasteiger partial charge in [-0.25, -0.2) is 5.48 Å². The summed E-state index contributed by atoms with van der Waals surface area (Å²) in [6.45, 7) is 1.87. The van der Waals surface area contributed by atoms with Gasteiger partial charge in [-0.15, -0.1) is 0 Å². The first-order valence-electron chi connectivity index (χ1n) is 6.22. The normalized spacial score (nSPS) is 14.2. The number of nitrogens with one attached hydrogen (secondary N) is 1. The molecule has 1 aromatic rings. The topological polar surface area (TPSA) is 89.8 Å².